The lowest BCUT2D eigenvalue weighted by atomic mass is 10.1. The molecule has 0 aromatic carbocycles. The van der Waals surface area contributed by atoms with E-state index in [2.05, 4.69) is 172 Å². The second kappa shape index (κ2) is 53.2. The van der Waals surface area contributed by atoms with Crippen molar-refractivity contribution in [2.24, 2.45) is 0 Å². The summed E-state index contributed by atoms with van der Waals surface area (Å²) in [7, 11) is 1.40. The number of unbranched alkanes of at least 4 members (excludes halogenated alkanes) is 6. The molecular formula is C64H101NO8P+. The summed E-state index contributed by atoms with van der Waals surface area (Å²) in [5.74, 6) is -0.928. The number of hydrogen-bond acceptors (Lipinski definition) is 7. The number of allylic oxidation sites excluding steroid dienone is 28. The number of hydrogen-bond donors (Lipinski definition) is 1. The van der Waals surface area contributed by atoms with E-state index < -0.39 is 32.5 Å². The molecule has 0 aromatic rings. The van der Waals surface area contributed by atoms with Crippen molar-refractivity contribution in [3.8, 4) is 0 Å². The molecule has 2 unspecified atom stereocenters. The second-order valence-corrected chi connectivity index (χ2v) is 20.3. The first kappa shape index (κ1) is 69.4. The summed E-state index contributed by atoms with van der Waals surface area (Å²) in [6.07, 6.45) is 81.6. The molecule has 414 valence electrons. The Morgan fingerprint density at radius 1 is 0.419 bits per heavy atom. The predicted octanol–water partition coefficient (Wildman–Crippen LogP) is 17.5. The maximum Gasteiger partial charge on any atom is 0.472 e. The molecule has 0 fully saturated rings. The Balaban J connectivity index is 4.24. The van der Waals surface area contributed by atoms with E-state index >= 15 is 0 Å². The average molecular weight is 1040 g/mol. The van der Waals surface area contributed by atoms with Gasteiger partial charge < -0.3 is 18.9 Å². The van der Waals surface area contributed by atoms with Crippen LogP contribution < -0.4 is 0 Å². The third-order valence-corrected chi connectivity index (χ3v) is 11.7. The third-order valence-electron chi connectivity index (χ3n) is 10.8. The quantitative estimate of drug-likeness (QED) is 0.0211. The molecule has 0 amide bonds. The smallest absolute Gasteiger partial charge is 0.462 e. The number of ether oxygens (including phenoxy) is 2. The molecule has 0 radical (unpaired) electrons. The zero-order chi connectivity index (χ0) is 54.2. The van der Waals surface area contributed by atoms with Crippen LogP contribution in [0.2, 0.25) is 0 Å². The van der Waals surface area contributed by atoms with E-state index in [1.165, 1.54) is 0 Å². The van der Waals surface area contributed by atoms with Gasteiger partial charge in [-0.25, -0.2) is 4.57 Å². The van der Waals surface area contributed by atoms with Crippen LogP contribution in [-0.2, 0) is 32.7 Å². The van der Waals surface area contributed by atoms with Crippen LogP contribution >= 0.6 is 7.82 Å². The second-order valence-electron chi connectivity index (χ2n) is 18.8. The lowest BCUT2D eigenvalue weighted by molar-refractivity contribution is -0.870. The number of phosphoric acid groups is 1. The van der Waals surface area contributed by atoms with Gasteiger partial charge in [0.25, 0.3) is 0 Å². The first-order chi connectivity index (χ1) is 36.0. The molecule has 0 aliphatic rings. The van der Waals surface area contributed by atoms with Gasteiger partial charge >= 0.3 is 19.8 Å². The van der Waals surface area contributed by atoms with Crippen LogP contribution in [0.1, 0.15) is 168 Å². The van der Waals surface area contributed by atoms with Gasteiger partial charge in [0.2, 0.25) is 0 Å². The Hall–Kier alpha value is -4.63. The maximum absolute atomic E-state index is 12.8. The van der Waals surface area contributed by atoms with Crippen molar-refractivity contribution in [2.45, 2.75) is 174 Å². The summed E-state index contributed by atoms with van der Waals surface area (Å²) in [5.41, 5.74) is 0. The number of carbonyl (C=O) groups excluding carboxylic acids is 2. The molecule has 0 heterocycles. The minimum Gasteiger partial charge on any atom is -0.462 e. The standard InChI is InChI=1S/C64H100NO8P/c1-6-8-10-12-14-16-18-20-21-22-23-24-25-26-27-28-29-30-31-32-33-34-35-36-37-38-39-40-41-42-43-45-47-49-51-53-55-57-64(67)73-62(61-72-74(68,69)71-59-58-65(3,4)5)60-70-63(66)56-54-52-50-48-46-44-19-17-15-13-11-9-7-2/h8-11,14-17,20-21,23-24,26-27,29-30,32-33,35-36,38-39,41-42,44,46,50,52,62H,6-7,12-13,18-19,22,25,28,31,34,37,40,43,45,47-49,51,53-61H2,1-5H3/p+1/b10-8-,11-9-,16-14-,17-15-,21-20-,24-23-,27-26-,30-29-,33-32-,36-35-,39-38-,42-41-,46-44-,52-50-. The first-order valence-electron chi connectivity index (χ1n) is 27.9. The van der Waals surface area contributed by atoms with Crippen LogP contribution in [0.3, 0.4) is 0 Å². The summed E-state index contributed by atoms with van der Waals surface area (Å²) in [6, 6.07) is 0. The SMILES string of the molecule is CC/C=C\C/C=C\C/C=C\C/C=C\C/C=C\C/C=C\C/C=C\C/C=C\C/C=C\C/C=C\CCCCCCCCC(=O)OC(COC(=O)CC/C=C\C/C=C\C/C=C\C/C=C\CC)COP(=O)(O)OCC[N+](C)(C)C. The highest BCUT2D eigenvalue weighted by molar-refractivity contribution is 7.47. The van der Waals surface area contributed by atoms with E-state index in [9.17, 15) is 19.0 Å². The van der Waals surface area contributed by atoms with Gasteiger partial charge in [-0.2, -0.15) is 0 Å². The number of esters is 2. The molecule has 2 atom stereocenters. The van der Waals surface area contributed by atoms with Gasteiger partial charge in [-0.1, -0.05) is 210 Å². The third kappa shape index (κ3) is 56.7. The molecule has 0 saturated carbocycles. The molecule has 74 heavy (non-hydrogen) atoms. The molecule has 0 spiro atoms. The van der Waals surface area contributed by atoms with Crippen molar-refractivity contribution in [3.05, 3.63) is 170 Å². The molecule has 1 N–H and O–H groups in total. The number of rotatable bonds is 48. The van der Waals surface area contributed by atoms with Gasteiger partial charge in [0.15, 0.2) is 6.10 Å². The summed E-state index contributed by atoms with van der Waals surface area (Å²) in [4.78, 5) is 35.5. The van der Waals surface area contributed by atoms with Crippen molar-refractivity contribution in [2.75, 3.05) is 47.5 Å². The molecular weight excluding hydrogens is 942 g/mol. The highest BCUT2D eigenvalue weighted by atomic mass is 31.2. The van der Waals surface area contributed by atoms with Crippen molar-refractivity contribution in [1.29, 1.82) is 0 Å². The monoisotopic (exact) mass is 1040 g/mol. The van der Waals surface area contributed by atoms with Crippen LogP contribution in [0.15, 0.2) is 170 Å². The van der Waals surface area contributed by atoms with Gasteiger partial charge in [0.1, 0.15) is 19.8 Å². The predicted molar refractivity (Wildman–Crippen MR) is 316 cm³/mol. The van der Waals surface area contributed by atoms with Crippen LogP contribution in [0, 0.1) is 0 Å². The highest BCUT2D eigenvalue weighted by Crippen LogP contribution is 2.43. The normalized spacial score (nSPS) is 14.6. The number of quaternary nitrogens is 1. The number of likely N-dealkylation sites (N-methyl/N-ethyl adjacent to an activating group) is 1. The molecule has 0 aromatic heterocycles. The zero-order valence-electron chi connectivity index (χ0n) is 46.7. The van der Waals surface area contributed by atoms with Crippen LogP contribution in [0.25, 0.3) is 0 Å². The Bertz CT molecular complexity index is 1850. The molecule has 0 bridgehead atoms. The van der Waals surface area contributed by atoms with Gasteiger partial charge in [-0.3, -0.25) is 18.6 Å². The Labute approximate surface area is 451 Å². The average Bonchev–Trinajstić information content (AvgIpc) is 3.36. The number of phosphoric ester groups is 1. The molecule has 0 saturated heterocycles. The maximum atomic E-state index is 12.8. The zero-order valence-corrected chi connectivity index (χ0v) is 47.6. The van der Waals surface area contributed by atoms with Crippen molar-refractivity contribution in [3.63, 3.8) is 0 Å². The fourth-order valence-corrected chi connectivity index (χ4v) is 7.27. The Morgan fingerprint density at radius 3 is 1.14 bits per heavy atom. The van der Waals surface area contributed by atoms with Crippen LogP contribution in [0.5, 0.6) is 0 Å². The topological polar surface area (TPSA) is 108 Å². The van der Waals surface area contributed by atoms with Gasteiger partial charge in [-0.05, 0) is 116 Å². The van der Waals surface area contributed by atoms with Crippen molar-refractivity contribution < 1.29 is 42.1 Å². The van der Waals surface area contributed by atoms with Gasteiger partial charge in [-0.15, -0.1) is 0 Å². The van der Waals surface area contributed by atoms with E-state index in [0.29, 0.717) is 23.9 Å². The minimum atomic E-state index is -4.41. The summed E-state index contributed by atoms with van der Waals surface area (Å²) < 4.78 is 34.3. The van der Waals surface area contributed by atoms with E-state index in [1.807, 2.05) is 33.3 Å². The molecule has 0 aliphatic carbocycles. The largest absolute Gasteiger partial charge is 0.472 e. The molecule has 9 nitrogen and oxygen atoms in total. The fourth-order valence-electron chi connectivity index (χ4n) is 6.52. The van der Waals surface area contributed by atoms with E-state index in [0.717, 1.165) is 128 Å². The Morgan fingerprint density at radius 2 is 0.757 bits per heavy atom. The lowest BCUT2D eigenvalue weighted by Crippen LogP contribution is -2.37. The van der Waals surface area contributed by atoms with E-state index in [-0.39, 0.29) is 26.1 Å². The number of nitrogens with zero attached hydrogens (tertiary/aromatic N) is 1. The minimum absolute atomic E-state index is 0.00807. The van der Waals surface area contributed by atoms with E-state index in [1.54, 1.807) is 0 Å². The van der Waals surface area contributed by atoms with Gasteiger partial charge in [0.05, 0.1) is 27.7 Å². The summed E-state index contributed by atoms with van der Waals surface area (Å²) >= 11 is 0. The van der Waals surface area contributed by atoms with Crippen molar-refractivity contribution in [1.82, 2.24) is 0 Å². The van der Waals surface area contributed by atoms with Crippen molar-refractivity contribution >= 4 is 19.8 Å². The molecule has 0 aliphatic heterocycles. The Kier molecular flexibility index (Phi) is 49.9. The number of carbonyl (C=O) groups is 2. The van der Waals surface area contributed by atoms with E-state index in [4.69, 9.17) is 18.5 Å². The lowest BCUT2D eigenvalue weighted by Gasteiger charge is -2.24. The first-order valence-corrected chi connectivity index (χ1v) is 29.4. The van der Waals surface area contributed by atoms with Crippen LogP contribution in [0.4, 0.5) is 0 Å². The van der Waals surface area contributed by atoms with Gasteiger partial charge in [0, 0.05) is 12.8 Å². The fraction of sp³-hybridized carbons (Fsp3) is 0.531. The molecule has 0 rings (SSSR count). The molecule has 10 heteroatoms. The summed E-state index contributed by atoms with van der Waals surface area (Å²) in [5, 5.41) is 0. The summed E-state index contributed by atoms with van der Waals surface area (Å²) in [6.45, 7) is 4.05. The van der Waals surface area contributed by atoms with Crippen LogP contribution in [-0.4, -0.2) is 74.9 Å². The highest BCUT2D eigenvalue weighted by Gasteiger charge is 2.27.